The van der Waals surface area contributed by atoms with Gasteiger partial charge in [-0.15, -0.1) is 0 Å². The molecule has 1 aromatic heterocycles. The number of pyridine rings is 1. The fourth-order valence-electron chi connectivity index (χ4n) is 2.27. The number of carbonyl (C=O) groups is 1. The molecule has 0 unspecified atom stereocenters. The fourth-order valence-corrected chi connectivity index (χ4v) is 3.36. The van der Waals surface area contributed by atoms with Gasteiger partial charge in [-0.1, -0.05) is 18.2 Å². The molecule has 1 amide bonds. The van der Waals surface area contributed by atoms with Crippen molar-refractivity contribution in [2.24, 2.45) is 0 Å². The molecule has 0 saturated heterocycles. The number of nitrogens with zero attached hydrogens (tertiary/aromatic N) is 1. The van der Waals surface area contributed by atoms with Crippen molar-refractivity contribution < 1.29 is 13.2 Å². The molecule has 0 radical (unpaired) electrons. The minimum Gasteiger partial charge on any atom is -0.371 e. The number of anilines is 2. The summed E-state index contributed by atoms with van der Waals surface area (Å²) in [4.78, 5) is 16.4. The Morgan fingerprint density at radius 1 is 0.885 bits per heavy atom. The normalized spacial score (nSPS) is 10.9. The first-order valence-electron chi connectivity index (χ1n) is 7.88. The molecule has 0 atom stereocenters. The van der Waals surface area contributed by atoms with Crippen molar-refractivity contribution in [3.05, 3.63) is 84.7 Å². The van der Waals surface area contributed by atoms with E-state index in [9.17, 15) is 13.2 Å². The van der Waals surface area contributed by atoms with Crippen molar-refractivity contribution in [3.8, 4) is 0 Å². The van der Waals surface area contributed by atoms with Crippen LogP contribution in [0.4, 0.5) is 11.4 Å². The predicted octanol–water partition coefficient (Wildman–Crippen LogP) is 3.18. The minimum absolute atomic E-state index is 0.224. The van der Waals surface area contributed by atoms with E-state index in [-0.39, 0.29) is 16.7 Å². The summed E-state index contributed by atoms with van der Waals surface area (Å²) in [6, 6.07) is 18.3. The first-order valence-corrected chi connectivity index (χ1v) is 9.53. The van der Waals surface area contributed by atoms with Gasteiger partial charge < -0.3 is 10.6 Å². The molecule has 26 heavy (non-hydrogen) atoms. The molecule has 2 aromatic carbocycles. The van der Waals surface area contributed by atoms with E-state index in [2.05, 4.69) is 15.6 Å². The first kappa shape index (κ1) is 17.6. The summed E-state index contributed by atoms with van der Waals surface area (Å²) in [5.74, 6) is -0.487. The van der Waals surface area contributed by atoms with Crippen molar-refractivity contribution in [2.75, 3.05) is 16.5 Å². The maximum Gasteiger partial charge on any atom is 0.255 e. The standard InChI is InChI=1S/C19H17N3O3S/c23-19(22-17-5-4-12-20-13-17)15-8-10-16(11-9-15)21-14-26(24,25)18-6-2-1-3-7-18/h1-13,21H,14H2,(H,22,23). The third kappa shape index (κ3) is 4.46. The highest BCUT2D eigenvalue weighted by Gasteiger charge is 2.13. The van der Waals surface area contributed by atoms with Crippen LogP contribution in [0.5, 0.6) is 0 Å². The van der Waals surface area contributed by atoms with E-state index >= 15 is 0 Å². The van der Waals surface area contributed by atoms with Gasteiger partial charge in [0.1, 0.15) is 5.88 Å². The highest BCUT2D eigenvalue weighted by atomic mass is 32.2. The van der Waals surface area contributed by atoms with Crippen LogP contribution in [0, 0.1) is 0 Å². The number of sulfone groups is 1. The zero-order valence-electron chi connectivity index (χ0n) is 13.8. The van der Waals surface area contributed by atoms with E-state index < -0.39 is 9.84 Å². The Balaban J connectivity index is 1.62. The SMILES string of the molecule is O=C(Nc1cccnc1)c1ccc(NCS(=O)(=O)c2ccccc2)cc1. The van der Waals surface area contributed by atoms with Crippen LogP contribution in [0.25, 0.3) is 0 Å². The summed E-state index contributed by atoms with van der Waals surface area (Å²) in [6.07, 6.45) is 3.18. The number of carbonyl (C=O) groups excluding carboxylic acids is 1. The average molecular weight is 367 g/mol. The van der Waals surface area contributed by atoms with Crippen molar-refractivity contribution in [3.63, 3.8) is 0 Å². The maximum atomic E-state index is 12.3. The fraction of sp³-hybridized carbons (Fsp3) is 0.0526. The topological polar surface area (TPSA) is 88.2 Å². The second-order valence-corrected chi connectivity index (χ2v) is 7.51. The highest BCUT2D eigenvalue weighted by molar-refractivity contribution is 7.91. The third-order valence-electron chi connectivity index (χ3n) is 3.64. The maximum absolute atomic E-state index is 12.3. The number of rotatable bonds is 6. The molecule has 3 rings (SSSR count). The van der Waals surface area contributed by atoms with Crippen LogP contribution in [0.1, 0.15) is 10.4 Å². The van der Waals surface area contributed by atoms with Gasteiger partial charge in [-0.3, -0.25) is 9.78 Å². The van der Waals surface area contributed by atoms with Crippen LogP contribution < -0.4 is 10.6 Å². The second kappa shape index (κ2) is 7.79. The summed E-state index contributed by atoms with van der Waals surface area (Å²) < 4.78 is 24.5. The molecule has 0 fully saturated rings. The first-order chi connectivity index (χ1) is 12.5. The van der Waals surface area contributed by atoms with Crippen LogP contribution in [-0.4, -0.2) is 25.2 Å². The molecule has 0 aliphatic carbocycles. The molecular weight excluding hydrogens is 350 g/mol. The molecule has 2 N–H and O–H groups in total. The summed E-state index contributed by atoms with van der Waals surface area (Å²) in [6.45, 7) is 0. The number of hydrogen-bond acceptors (Lipinski definition) is 5. The molecule has 0 saturated carbocycles. The number of hydrogen-bond donors (Lipinski definition) is 2. The summed E-state index contributed by atoms with van der Waals surface area (Å²) in [7, 11) is -3.42. The highest BCUT2D eigenvalue weighted by Crippen LogP contribution is 2.15. The van der Waals surface area contributed by atoms with Gasteiger partial charge >= 0.3 is 0 Å². The van der Waals surface area contributed by atoms with Crippen LogP contribution >= 0.6 is 0 Å². The van der Waals surface area contributed by atoms with Crippen LogP contribution in [0.3, 0.4) is 0 Å². The minimum atomic E-state index is -3.42. The Labute approximate surface area is 151 Å². The number of amides is 1. The lowest BCUT2D eigenvalue weighted by atomic mass is 10.2. The van der Waals surface area contributed by atoms with Gasteiger partial charge in [-0.25, -0.2) is 8.42 Å². The molecular formula is C19H17N3O3S. The van der Waals surface area contributed by atoms with Gasteiger partial charge in [0.05, 0.1) is 16.8 Å². The Kier molecular flexibility index (Phi) is 5.28. The van der Waals surface area contributed by atoms with E-state index in [1.54, 1.807) is 79.1 Å². The van der Waals surface area contributed by atoms with Crippen molar-refractivity contribution in [1.29, 1.82) is 0 Å². The van der Waals surface area contributed by atoms with Crippen LogP contribution in [0.2, 0.25) is 0 Å². The lowest BCUT2D eigenvalue weighted by Crippen LogP contribution is -2.15. The van der Waals surface area contributed by atoms with E-state index in [1.165, 1.54) is 0 Å². The molecule has 6 nitrogen and oxygen atoms in total. The molecule has 0 aliphatic rings. The largest absolute Gasteiger partial charge is 0.371 e. The molecule has 0 bridgehead atoms. The van der Waals surface area contributed by atoms with E-state index in [0.29, 0.717) is 16.9 Å². The Morgan fingerprint density at radius 2 is 1.62 bits per heavy atom. The monoisotopic (exact) mass is 367 g/mol. The van der Waals surface area contributed by atoms with Gasteiger partial charge in [0, 0.05) is 17.4 Å². The number of aromatic nitrogens is 1. The Hall–Kier alpha value is -3.19. The van der Waals surface area contributed by atoms with E-state index in [1.807, 2.05) is 0 Å². The zero-order valence-corrected chi connectivity index (χ0v) is 14.6. The van der Waals surface area contributed by atoms with Gasteiger partial charge in [0.15, 0.2) is 9.84 Å². The number of benzene rings is 2. The molecule has 132 valence electrons. The Bertz CT molecular complexity index is 974. The van der Waals surface area contributed by atoms with Crippen molar-refractivity contribution in [1.82, 2.24) is 4.98 Å². The summed E-state index contributed by atoms with van der Waals surface area (Å²) in [5, 5.41) is 5.61. The Morgan fingerprint density at radius 3 is 2.27 bits per heavy atom. The van der Waals surface area contributed by atoms with Gasteiger partial charge in [-0.2, -0.15) is 0 Å². The number of nitrogens with one attached hydrogen (secondary N) is 2. The van der Waals surface area contributed by atoms with Gasteiger partial charge in [0.25, 0.3) is 5.91 Å². The van der Waals surface area contributed by atoms with Gasteiger partial charge in [-0.05, 0) is 48.5 Å². The lowest BCUT2D eigenvalue weighted by molar-refractivity contribution is 0.102. The third-order valence-corrected chi connectivity index (χ3v) is 5.15. The van der Waals surface area contributed by atoms with E-state index in [4.69, 9.17) is 0 Å². The average Bonchev–Trinajstić information content (AvgIpc) is 2.68. The van der Waals surface area contributed by atoms with Crippen LogP contribution in [-0.2, 0) is 9.84 Å². The van der Waals surface area contributed by atoms with E-state index in [0.717, 1.165) is 0 Å². The second-order valence-electron chi connectivity index (χ2n) is 5.52. The van der Waals surface area contributed by atoms with Crippen molar-refractivity contribution in [2.45, 2.75) is 4.90 Å². The molecule has 7 heteroatoms. The molecule has 0 spiro atoms. The van der Waals surface area contributed by atoms with Crippen LogP contribution in [0.15, 0.2) is 84.0 Å². The summed E-state index contributed by atoms with van der Waals surface area (Å²) in [5.41, 5.74) is 1.68. The summed E-state index contributed by atoms with van der Waals surface area (Å²) >= 11 is 0. The zero-order chi connectivity index (χ0) is 18.4. The van der Waals surface area contributed by atoms with Crippen molar-refractivity contribution >= 4 is 27.1 Å². The molecule has 0 aliphatic heterocycles. The lowest BCUT2D eigenvalue weighted by Gasteiger charge is -2.09. The quantitative estimate of drug-likeness (QED) is 0.699. The molecule has 3 aromatic rings. The molecule has 1 heterocycles. The predicted molar refractivity (Wildman–Crippen MR) is 101 cm³/mol. The smallest absolute Gasteiger partial charge is 0.255 e. The van der Waals surface area contributed by atoms with Gasteiger partial charge in [0.2, 0.25) is 0 Å².